The van der Waals surface area contributed by atoms with Gasteiger partial charge in [0, 0.05) is 17.6 Å². The van der Waals surface area contributed by atoms with Crippen LogP contribution in [0.25, 0.3) is 0 Å². The van der Waals surface area contributed by atoms with Gasteiger partial charge in [-0.3, -0.25) is 0 Å². The van der Waals surface area contributed by atoms with Crippen molar-refractivity contribution in [2.45, 2.75) is 50.6 Å². The maximum Gasteiger partial charge on any atom is 0.240 e. The van der Waals surface area contributed by atoms with Gasteiger partial charge in [-0.2, -0.15) is 0 Å². The summed E-state index contributed by atoms with van der Waals surface area (Å²) in [6.45, 7) is 5.31. The Hall–Kier alpha value is -0.620. The molecule has 2 N–H and O–H groups in total. The zero-order valence-corrected chi connectivity index (χ0v) is 14.1. The SMILES string of the molecule is CCNCc1cc(S(=O)(=O)NC(C)C2CCC2)ccc1Cl. The van der Waals surface area contributed by atoms with Gasteiger partial charge in [0.25, 0.3) is 0 Å². The van der Waals surface area contributed by atoms with E-state index in [0.717, 1.165) is 24.9 Å². The highest BCUT2D eigenvalue weighted by atomic mass is 35.5. The van der Waals surface area contributed by atoms with Gasteiger partial charge in [0.1, 0.15) is 0 Å². The summed E-state index contributed by atoms with van der Waals surface area (Å²) in [6, 6.07) is 4.85. The molecule has 0 aromatic heterocycles. The molecule has 4 nitrogen and oxygen atoms in total. The van der Waals surface area contributed by atoms with Crippen LogP contribution in [0, 0.1) is 5.92 Å². The fourth-order valence-electron chi connectivity index (χ4n) is 2.46. The van der Waals surface area contributed by atoms with Gasteiger partial charge in [-0.05, 0) is 56.0 Å². The third-order valence-electron chi connectivity index (χ3n) is 4.09. The number of benzene rings is 1. The van der Waals surface area contributed by atoms with Crippen LogP contribution in [0.4, 0.5) is 0 Å². The van der Waals surface area contributed by atoms with Gasteiger partial charge in [0.15, 0.2) is 0 Å². The summed E-state index contributed by atoms with van der Waals surface area (Å²) < 4.78 is 27.7. The first-order valence-electron chi connectivity index (χ1n) is 7.45. The van der Waals surface area contributed by atoms with Crippen LogP contribution in [0.15, 0.2) is 23.1 Å². The third-order valence-corrected chi connectivity index (χ3v) is 6.02. The Balaban J connectivity index is 2.14. The molecule has 0 aliphatic heterocycles. The Labute approximate surface area is 132 Å². The molecular formula is C15H23ClN2O2S. The number of hydrogen-bond acceptors (Lipinski definition) is 3. The quantitative estimate of drug-likeness (QED) is 0.808. The molecule has 118 valence electrons. The van der Waals surface area contributed by atoms with E-state index in [1.165, 1.54) is 6.42 Å². The van der Waals surface area contributed by atoms with E-state index >= 15 is 0 Å². The lowest BCUT2D eigenvalue weighted by molar-refractivity contribution is 0.260. The first-order valence-corrected chi connectivity index (χ1v) is 9.31. The third kappa shape index (κ3) is 4.19. The summed E-state index contributed by atoms with van der Waals surface area (Å²) >= 11 is 6.11. The molecule has 1 aromatic carbocycles. The predicted molar refractivity (Wildman–Crippen MR) is 86.0 cm³/mol. The van der Waals surface area contributed by atoms with Crippen molar-refractivity contribution in [3.8, 4) is 0 Å². The Morgan fingerprint density at radius 1 is 1.38 bits per heavy atom. The van der Waals surface area contributed by atoms with Crippen LogP contribution in [0.3, 0.4) is 0 Å². The molecule has 1 aliphatic carbocycles. The second kappa shape index (κ2) is 7.09. The van der Waals surface area contributed by atoms with Gasteiger partial charge in [0.2, 0.25) is 10.0 Å². The number of sulfonamides is 1. The summed E-state index contributed by atoms with van der Waals surface area (Å²) in [5.41, 5.74) is 0.803. The van der Waals surface area contributed by atoms with E-state index in [1.54, 1.807) is 18.2 Å². The van der Waals surface area contributed by atoms with E-state index in [9.17, 15) is 8.42 Å². The van der Waals surface area contributed by atoms with Crippen molar-refractivity contribution in [2.24, 2.45) is 5.92 Å². The van der Waals surface area contributed by atoms with E-state index in [0.29, 0.717) is 17.5 Å². The predicted octanol–water partition coefficient (Wildman–Crippen LogP) is 2.92. The van der Waals surface area contributed by atoms with Crippen LogP contribution in [-0.4, -0.2) is 21.0 Å². The molecule has 1 saturated carbocycles. The molecule has 0 saturated heterocycles. The zero-order valence-electron chi connectivity index (χ0n) is 12.5. The minimum absolute atomic E-state index is 0.0170. The molecule has 0 heterocycles. The number of halogens is 1. The average molecular weight is 331 g/mol. The lowest BCUT2D eigenvalue weighted by Gasteiger charge is -2.31. The monoisotopic (exact) mass is 330 g/mol. The lowest BCUT2D eigenvalue weighted by Crippen LogP contribution is -2.40. The maximum atomic E-state index is 12.4. The molecule has 21 heavy (non-hydrogen) atoms. The van der Waals surface area contributed by atoms with Gasteiger partial charge >= 0.3 is 0 Å². The molecule has 0 amide bonds. The highest BCUT2D eigenvalue weighted by Gasteiger charge is 2.28. The molecule has 2 rings (SSSR count). The van der Waals surface area contributed by atoms with E-state index in [-0.39, 0.29) is 10.9 Å². The van der Waals surface area contributed by atoms with E-state index in [2.05, 4.69) is 10.0 Å². The van der Waals surface area contributed by atoms with Gasteiger partial charge in [-0.15, -0.1) is 0 Å². The molecule has 1 fully saturated rings. The number of nitrogens with one attached hydrogen (secondary N) is 2. The van der Waals surface area contributed by atoms with Gasteiger partial charge < -0.3 is 5.32 Å². The highest BCUT2D eigenvalue weighted by molar-refractivity contribution is 7.89. The van der Waals surface area contributed by atoms with Crippen LogP contribution in [-0.2, 0) is 16.6 Å². The lowest BCUT2D eigenvalue weighted by atomic mass is 9.81. The fraction of sp³-hybridized carbons (Fsp3) is 0.600. The first-order chi connectivity index (χ1) is 9.94. The molecule has 0 bridgehead atoms. The van der Waals surface area contributed by atoms with E-state index < -0.39 is 10.0 Å². The van der Waals surface area contributed by atoms with E-state index in [1.807, 2.05) is 13.8 Å². The Kier molecular flexibility index (Phi) is 5.66. The van der Waals surface area contributed by atoms with Gasteiger partial charge in [-0.25, -0.2) is 13.1 Å². The standard InChI is InChI=1S/C15H23ClN2O2S/c1-3-17-10-13-9-14(7-8-15(13)16)21(19,20)18-11(2)12-5-4-6-12/h7-9,11-12,17-18H,3-6,10H2,1-2H3. The Morgan fingerprint density at radius 2 is 2.10 bits per heavy atom. The second-order valence-corrected chi connectivity index (χ2v) is 7.76. The first kappa shape index (κ1) is 16.7. The zero-order chi connectivity index (χ0) is 15.5. The molecule has 1 aliphatic rings. The van der Waals surface area contributed by atoms with Crippen molar-refractivity contribution in [1.82, 2.24) is 10.0 Å². The van der Waals surface area contributed by atoms with Crippen LogP contribution in [0.1, 0.15) is 38.7 Å². The molecule has 1 atom stereocenters. The van der Waals surface area contributed by atoms with Crippen molar-refractivity contribution in [3.05, 3.63) is 28.8 Å². The highest BCUT2D eigenvalue weighted by Crippen LogP contribution is 2.30. The summed E-state index contributed by atoms with van der Waals surface area (Å²) in [6.07, 6.45) is 3.41. The molecule has 0 radical (unpaired) electrons. The Morgan fingerprint density at radius 3 is 2.67 bits per heavy atom. The van der Waals surface area contributed by atoms with Crippen molar-refractivity contribution in [3.63, 3.8) is 0 Å². The topological polar surface area (TPSA) is 58.2 Å². The van der Waals surface area contributed by atoms with E-state index in [4.69, 9.17) is 11.6 Å². The number of hydrogen-bond donors (Lipinski definition) is 2. The van der Waals surface area contributed by atoms with Crippen molar-refractivity contribution in [1.29, 1.82) is 0 Å². The maximum absolute atomic E-state index is 12.4. The largest absolute Gasteiger partial charge is 0.313 e. The molecule has 6 heteroatoms. The van der Waals surface area contributed by atoms with Crippen LogP contribution in [0.5, 0.6) is 0 Å². The Bertz CT molecular complexity index is 585. The van der Waals surface area contributed by atoms with Crippen molar-refractivity contribution >= 4 is 21.6 Å². The molecule has 1 aromatic rings. The average Bonchev–Trinajstić information content (AvgIpc) is 2.34. The summed E-state index contributed by atoms with van der Waals surface area (Å²) in [4.78, 5) is 0.283. The van der Waals surface area contributed by atoms with Crippen LogP contribution in [0.2, 0.25) is 5.02 Å². The fourth-order valence-corrected chi connectivity index (χ4v) is 4.01. The normalized spacial score (nSPS) is 17.5. The minimum atomic E-state index is -3.48. The second-order valence-electron chi connectivity index (χ2n) is 5.63. The van der Waals surface area contributed by atoms with Crippen molar-refractivity contribution in [2.75, 3.05) is 6.54 Å². The summed E-state index contributed by atoms with van der Waals surface area (Å²) in [5.74, 6) is 0.466. The van der Waals surface area contributed by atoms with Gasteiger partial charge in [-0.1, -0.05) is 24.9 Å². The minimum Gasteiger partial charge on any atom is -0.313 e. The van der Waals surface area contributed by atoms with Crippen LogP contribution < -0.4 is 10.0 Å². The molecule has 1 unspecified atom stereocenters. The summed E-state index contributed by atoms with van der Waals surface area (Å²) in [7, 11) is -3.48. The number of rotatable bonds is 7. The van der Waals surface area contributed by atoms with Gasteiger partial charge in [0.05, 0.1) is 4.90 Å². The van der Waals surface area contributed by atoms with Crippen molar-refractivity contribution < 1.29 is 8.42 Å². The summed E-state index contributed by atoms with van der Waals surface area (Å²) in [5, 5.41) is 3.75. The smallest absolute Gasteiger partial charge is 0.240 e. The molecule has 0 spiro atoms. The molecular weight excluding hydrogens is 308 g/mol. The van der Waals surface area contributed by atoms with Crippen LogP contribution >= 0.6 is 11.6 Å².